The average Bonchev–Trinajstić information content (AvgIpc) is 2.94. The molecular weight excluding hydrogens is 268 g/mol. The zero-order valence-corrected chi connectivity index (χ0v) is 13.1. The number of rotatable bonds is 2. The molecule has 1 atom stereocenters. The van der Waals surface area contributed by atoms with Crippen LogP contribution < -0.4 is 5.32 Å². The standard InChI is InChI=1S/C17H24N2.ClH/c1-13-10-17(7-3-8-17)12-19(13)11-15-5-2-4-14-6-9-18-16(14)15;/h2,4-5,13,18H,3,6-12H2,1H3;1H. The molecule has 1 N–H and O–H groups in total. The van der Waals surface area contributed by atoms with Gasteiger partial charge in [0.1, 0.15) is 0 Å². The van der Waals surface area contributed by atoms with Gasteiger partial charge < -0.3 is 5.32 Å². The molecule has 4 rings (SSSR count). The van der Waals surface area contributed by atoms with Gasteiger partial charge in [-0.3, -0.25) is 4.90 Å². The lowest BCUT2D eigenvalue weighted by Crippen LogP contribution is -2.33. The molecule has 0 amide bonds. The Morgan fingerprint density at radius 1 is 1.35 bits per heavy atom. The monoisotopic (exact) mass is 292 g/mol. The van der Waals surface area contributed by atoms with Crippen LogP contribution in [0.15, 0.2) is 18.2 Å². The Labute approximate surface area is 128 Å². The highest BCUT2D eigenvalue weighted by atomic mass is 35.5. The lowest BCUT2D eigenvalue weighted by atomic mass is 9.68. The summed E-state index contributed by atoms with van der Waals surface area (Å²) in [5.41, 5.74) is 5.16. The lowest BCUT2D eigenvalue weighted by Gasteiger charge is -2.38. The minimum atomic E-state index is 0. The van der Waals surface area contributed by atoms with Crippen molar-refractivity contribution in [3.05, 3.63) is 29.3 Å². The number of halogens is 1. The van der Waals surface area contributed by atoms with Gasteiger partial charge in [-0.2, -0.15) is 0 Å². The maximum atomic E-state index is 3.58. The number of likely N-dealkylation sites (tertiary alicyclic amines) is 1. The Bertz CT molecular complexity index is 496. The molecular formula is C17H25ClN2. The molecule has 3 heteroatoms. The van der Waals surface area contributed by atoms with Crippen LogP contribution in [-0.4, -0.2) is 24.0 Å². The molecule has 20 heavy (non-hydrogen) atoms. The number of nitrogens with zero attached hydrogens (tertiary/aromatic N) is 1. The van der Waals surface area contributed by atoms with E-state index in [-0.39, 0.29) is 12.4 Å². The van der Waals surface area contributed by atoms with Crippen LogP contribution in [0.4, 0.5) is 5.69 Å². The summed E-state index contributed by atoms with van der Waals surface area (Å²) in [5.74, 6) is 0. The summed E-state index contributed by atoms with van der Waals surface area (Å²) < 4.78 is 0. The third kappa shape index (κ3) is 2.23. The lowest BCUT2D eigenvalue weighted by molar-refractivity contribution is 0.137. The molecule has 0 aromatic heterocycles. The molecule has 2 heterocycles. The summed E-state index contributed by atoms with van der Waals surface area (Å²) in [6.07, 6.45) is 7.03. The fraction of sp³-hybridized carbons (Fsp3) is 0.647. The van der Waals surface area contributed by atoms with Crippen LogP contribution in [0, 0.1) is 5.41 Å². The molecule has 1 spiro atoms. The maximum Gasteiger partial charge on any atom is 0.0419 e. The topological polar surface area (TPSA) is 15.3 Å². The number of anilines is 1. The Morgan fingerprint density at radius 2 is 2.20 bits per heavy atom. The van der Waals surface area contributed by atoms with Crippen LogP contribution in [0.3, 0.4) is 0 Å². The largest absolute Gasteiger partial charge is 0.384 e. The van der Waals surface area contributed by atoms with E-state index in [1.165, 1.54) is 55.5 Å². The van der Waals surface area contributed by atoms with Gasteiger partial charge in [0.25, 0.3) is 0 Å². The van der Waals surface area contributed by atoms with Crippen molar-refractivity contribution in [3.63, 3.8) is 0 Å². The van der Waals surface area contributed by atoms with E-state index in [2.05, 4.69) is 35.3 Å². The SMILES string of the molecule is CC1CC2(CCC2)CN1Cc1cccc2c1NCC2.Cl. The zero-order valence-electron chi connectivity index (χ0n) is 12.3. The molecule has 1 unspecified atom stereocenters. The van der Waals surface area contributed by atoms with Crippen LogP contribution in [0.5, 0.6) is 0 Å². The Kier molecular flexibility index (Phi) is 3.72. The van der Waals surface area contributed by atoms with Gasteiger partial charge >= 0.3 is 0 Å². The zero-order chi connectivity index (χ0) is 12.9. The van der Waals surface area contributed by atoms with Crippen molar-refractivity contribution in [2.24, 2.45) is 5.41 Å². The van der Waals surface area contributed by atoms with Crippen molar-refractivity contribution >= 4 is 18.1 Å². The second-order valence-electron chi connectivity index (χ2n) is 6.94. The molecule has 110 valence electrons. The van der Waals surface area contributed by atoms with Crippen molar-refractivity contribution in [3.8, 4) is 0 Å². The average molecular weight is 293 g/mol. The predicted molar refractivity (Wildman–Crippen MR) is 86.7 cm³/mol. The molecule has 3 aliphatic rings. The van der Waals surface area contributed by atoms with E-state index >= 15 is 0 Å². The Morgan fingerprint density at radius 3 is 2.90 bits per heavy atom. The van der Waals surface area contributed by atoms with Crippen LogP contribution >= 0.6 is 12.4 Å². The van der Waals surface area contributed by atoms with Crippen molar-refractivity contribution in [1.82, 2.24) is 4.90 Å². The molecule has 0 radical (unpaired) electrons. The number of hydrogen-bond donors (Lipinski definition) is 1. The number of fused-ring (bicyclic) bond motifs is 1. The third-order valence-corrected chi connectivity index (χ3v) is 5.61. The van der Waals surface area contributed by atoms with E-state index < -0.39 is 0 Å². The number of benzene rings is 1. The fourth-order valence-electron chi connectivity index (χ4n) is 4.42. The molecule has 1 aromatic rings. The minimum absolute atomic E-state index is 0. The molecule has 2 fully saturated rings. The van der Waals surface area contributed by atoms with E-state index in [1.807, 2.05) is 0 Å². The van der Waals surface area contributed by atoms with Gasteiger partial charge in [0.2, 0.25) is 0 Å². The van der Waals surface area contributed by atoms with E-state index in [4.69, 9.17) is 0 Å². The highest BCUT2D eigenvalue weighted by Crippen LogP contribution is 2.50. The van der Waals surface area contributed by atoms with Crippen molar-refractivity contribution in [1.29, 1.82) is 0 Å². The predicted octanol–water partition coefficient (Wildman–Crippen LogP) is 3.84. The van der Waals surface area contributed by atoms with Gasteiger partial charge in [0.05, 0.1) is 0 Å². The summed E-state index contributed by atoms with van der Waals surface area (Å²) in [6, 6.07) is 7.59. The number of hydrogen-bond acceptors (Lipinski definition) is 2. The molecule has 2 nitrogen and oxygen atoms in total. The first-order chi connectivity index (χ1) is 9.26. The second-order valence-corrected chi connectivity index (χ2v) is 6.94. The van der Waals surface area contributed by atoms with E-state index in [0.717, 1.165) is 19.1 Å². The van der Waals surface area contributed by atoms with E-state index in [1.54, 1.807) is 0 Å². The van der Waals surface area contributed by atoms with Gasteiger partial charge in [-0.25, -0.2) is 0 Å². The molecule has 1 aromatic carbocycles. The summed E-state index contributed by atoms with van der Waals surface area (Å²) in [5, 5.41) is 3.58. The van der Waals surface area contributed by atoms with Gasteiger partial charge in [-0.15, -0.1) is 12.4 Å². The van der Waals surface area contributed by atoms with Crippen LogP contribution in [0.2, 0.25) is 0 Å². The van der Waals surface area contributed by atoms with Gasteiger partial charge in [-0.1, -0.05) is 24.6 Å². The van der Waals surface area contributed by atoms with E-state index in [0.29, 0.717) is 5.41 Å². The number of nitrogens with one attached hydrogen (secondary N) is 1. The van der Waals surface area contributed by atoms with Crippen LogP contribution in [0.1, 0.15) is 43.7 Å². The van der Waals surface area contributed by atoms with Gasteiger partial charge in [0, 0.05) is 31.4 Å². The summed E-state index contributed by atoms with van der Waals surface area (Å²) in [6.45, 7) is 6.01. The number of para-hydroxylation sites is 1. The molecule has 0 bridgehead atoms. The van der Waals surface area contributed by atoms with Crippen LogP contribution in [-0.2, 0) is 13.0 Å². The summed E-state index contributed by atoms with van der Waals surface area (Å²) in [4.78, 5) is 2.72. The Hall–Kier alpha value is -0.730. The third-order valence-electron chi connectivity index (χ3n) is 5.61. The Balaban J connectivity index is 0.00000121. The summed E-state index contributed by atoms with van der Waals surface area (Å²) in [7, 11) is 0. The smallest absolute Gasteiger partial charge is 0.0419 e. The van der Waals surface area contributed by atoms with Crippen LogP contribution in [0.25, 0.3) is 0 Å². The van der Waals surface area contributed by atoms with E-state index in [9.17, 15) is 0 Å². The highest BCUT2D eigenvalue weighted by Gasteiger charge is 2.45. The second kappa shape index (κ2) is 5.23. The highest BCUT2D eigenvalue weighted by molar-refractivity contribution is 5.85. The fourth-order valence-corrected chi connectivity index (χ4v) is 4.42. The molecule has 1 saturated heterocycles. The van der Waals surface area contributed by atoms with Crippen molar-refractivity contribution < 1.29 is 0 Å². The maximum absolute atomic E-state index is 3.58. The molecule has 1 aliphatic carbocycles. The molecule has 1 saturated carbocycles. The normalized spacial score (nSPS) is 26.8. The van der Waals surface area contributed by atoms with Crippen molar-refractivity contribution in [2.75, 3.05) is 18.4 Å². The van der Waals surface area contributed by atoms with Gasteiger partial charge in [0.15, 0.2) is 0 Å². The van der Waals surface area contributed by atoms with Gasteiger partial charge in [-0.05, 0) is 49.1 Å². The quantitative estimate of drug-likeness (QED) is 0.891. The first-order valence-electron chi connectivity index (χ1n) is 7.85. The minimum Gasteiger partial charge on any atom is -0.384 e. The first kappa shape index (κ1) is 14.2. The molecule has 2 aliphatic heterocycles. The van der Waals surface area contributed by atoms with Crippen molar-refractivity contribution in [2.45, 2.75) is 51.6 Å². The first-order valence-corrected chi connectivity index (χ1v) is 7.85. The summed E-state index contributed by atoms with van der Waals surface area (Å²) >= 11 is 0.